The second-order valence-corrected chi connectivity index (χ2v) is 9.09. The predicted molar refractivity (Wildman–Crippen MR) is 134 cm³/mol. The van der Waals surface area contributed by atoms with E-state index in [2.05, 4.69) is 55.5 Å². The molecule has 0 saturated carbocycles. The number of nitrogen functional groups attached to an aromatic ring is 4. The van der Waals surface area contributed by atoms with E-state index in [1.807, 2.05) is 42.5 Å². The molecule has 0 bridgehead atoms. The molecule has 0 aliphatic heterocycles. The number of rotatable bonds is 3. The molecule has 1 aliphatic rings. The fraction of sp³-hybridized carbons (Fsp3) is 0.143. The van der Waals surface area contributed by atoms with E-state index in [0.29, 0.717) is 0 Å². The summed E-state index contributed by atoms with van der Waals surface area (Å²) in [6.07, 6.45) is 0.844. The van der Waals surface area contributed by atoms with Crippen LogP contribution in [-0.4, -0.2) is 0 Å². The van der Waals surface area contributed by atoms with Gasteiger partial charge in [0.15, 0.2) is 0 Å². The van der Waals surface area contributed by atoms with E-state index in [1.165, 1.54) is 27.8 Å². The Morgan fingerprint density at radius 2 is 0.906 bits per heavy atom. The van der Waals surface area contributed by atoms with Crippen molar-refractivity contribution in [2.45, 2.75) is 24.2 Å². The maximum atomic E-state index is 6.35. The number of anilines is 4. The first-order chi connectivity index (χ1) is 15.3. The van der Waals surface area contributed by atoms with E-state index in [4.69, 9.17) is 22.9 Å². The molecule has 1 unspecified atom stereocenters. The monoisotopic (exact) mass is 420 g/mol. The van der Waals surface area contributed by atoms with Gasteiger partial charge in [0.1, 0.15) is 0 Å². The Morgan fingerprint density at radius 1 is 0.500 bits per heavy atom. The van der Waals surface area contributed by atoms with Crippen LogP contribution in [0.15, 0.2) is 91.0 Å². The minimum atomic E-state index is -0.401. The van der Waals surface area contributed by atoms with Crippen molar-refractivity contribution < 1.29 is 0 Å². The summed E-state index contributed by atoms with van der Waals surface area (Å²) in [7, 11) is 0. The molecule has 0 fully saturated rings. The van der Waals surface area contributed by atoms with Gasteiger partial charge in [0.2, 0.25) is 0 Å². The molecule has 32 heavy (non-hydrogen) atoms. The molecule has 1 atom stereocenters. The van der Waals surface area contributed by atoms with Gasteiger partial charge in [-0.2, -0.15) is 0 Å². The Kier molecular flexibility index (Phi) is 4.41. The fourth-order valence-corrected chi connectivity index (χ4v) is 5.44. The largest absolute Gasteiger partial charge is 0.399 e. The first-order valence-corrected chi connectivity index (χ1v) is 10.8. The quantitative estimate of drug-likeness (QED) is 0.348. The van der Waals surface area contributed by atoms with E-state index in [-0.39, 0.29) is 5.41 Å². The van der Waals surface area contributed by atoms with Crippen LogP contribution in [0.25, 0.3) is 0 Å². The summed E-state index contributed by atoms with van der Waals surface area (Å²) in [5.74, 6) is 0. The van der Waals surface area contributed by atoms with Crippen molar-refractivity contribution in [3.63, 3.8) is 0 Å². The Hall–Kier alpha value is -3.92. The van der Waals surface area contributed by atoms with Crippen molar-refractivity contribution in [1.29, 1.82) is 0 Å². The van der Waals surface area contributed by atoms with Gasteiger partial charge in [-0.1, -0.05) is 49.4 Å². The third-order valence-electron chi connectivity index (χ3n) is 7.07. The predicted octanol–water partition coefficient (Wildman–Crippen LogP) is 5.06. The molecular formula is C28H28N4. The van der Waals surface area contributed by atoms with Gasteiger partial charge in [-0.15, -0.1) is 0 Å². The molecule has 4 heteroatoms. The summed E-state index contributed by atoms with van der Waals surface area (Å²) in [5.41, 5.74) is 32.9. The molecule has 5 rings (SSSR count). The van der Waals surface area contributed by atoms with Crippen molar-refractivity contribution in [3.05, 3.63) is 119 Å². The molecular weight excluding hydrogens is 392 g/mol. The topological polar surface area (TPSA) is 104 Å². The summed E-state index contributed by atoms with van der Waals surface area (Å²) in [4.78, 5) is 0. The number of benzene rings is 4. The summed E-state index contributed by atoms with van der Waals surface area (Å²) in [5, 5.41) is 0. The summed E-state index contributed by atoms with van der Waals surface area (Å²) >= 11 is 0. The van der Waals surface area contributed by atoms with Crippen molar-refractivity contribution in [2.24, 2.45) is 0 Å². The van der Waals surface area contributed by atoms with Crippen molar-refractivity contribution >= 4 is 22.7 Å². The summed E-state index contributed by atoms with van der Waals surface area (Å²) in [6.45, 7) is 2.31. The summed E-state index contributed by atoms with van der Waals surface area (Å²) < 4.78 is 0. The van der Waals surface area contributed by atoms with E-state index >= 15 is 0 Å². The lowest BCUT2D eigenvalue weighted by molar-refractivity contribution is 0.473. The molecule has 4 aromatic carbocycles. The molecule has 4 nitrogen and oxygen atoms in total. The zero-order valence-corrected chi connectivity index (χ0v) is 18.2. The van der Waals surface area contributed by atoms with Crippen LogP contribution in [0, 0.1) is 0 Å². The lowest BCUT2D eigenvalue weighted by Crippen LogP contribution is -2.30. The smallest absolute Gasteiger partial charge is 0.0466 e. The van der Waals surface area contributed by atoms with Crippen LogP contribution in [0.3, 0.4) is 0 Å². The lowest BCUT2D eigenvalue weighted by atomic mass is 9.67. The third kappa shape index (κ3) is 2.91. The van der Waals surface area contributed by atoms with E-state index in [1.54, 1.807) is 0 Å². The molecule has 8 N–H and O–H groups in total. The van der Waals surface area contributed by atoms with Crippen molar-refractivity contribution in [1.82, 2.24) is 0 Å². The number of hydrogen-bond acceptors (Lipinski definition) is 4. The molecule has 0 heterocycles. The summed E-state index contributed by atoms with van der Waals surface area (Å²) in [6, 6.07) is 30.9. The molecule has 160 valence electrons. The maximum Gasteiger partial charge on any atom is 0.0466 e. The normalized spacial score (nSPS) is 18.9. The number of nitrogens with two attached hydrogens (primary N) is 4. The van der Waals surface area contributed by atoms with Crippen molar-refractivity contribution in [3.8, 4) is 0 Å². The molecule has 4 aromatic rings. The Labute approximate surface area is 188 Å². The highest BCUT2D eigenvalue weighted by Crippen LogP contribution is 2.59. The molecule has 0 spiro atoms. The second-order valence-electron chi connectivity index (χ2n) is 9.09. The van der Waals surface area contributed by atoms with Crippen LogP contribution < -0.4 is 22.9 Å². The minimum absolute atomic E-state index is 0.237. The number of fused-ring (bicyclic) bond motifs is 1. The Balaban J connectivity index is 1.84. The van der Waals surface area contributed by atoms with E-state index < -0.39 is 5.41 Å². The molecule has 0 amide bonds. The van der Waals surface area contributed by atoms with Crippen LogP contribution in [0.2, 0.25) is 0 Å². The first-order valence-electron chi connectivity index (χ1n) is 10.8. The first kappa shape index (κ1) is 20.0. The highest BCUT2D eigenvalue weighted by Gasteiger charge is 2.52. The Morgan fingerprint density at radius 3 is 1.38 bits per heavy atom. The molecule has 0 saturated heterocycles. The zero-order chi connectivity index (χ0) is 22.5. The van der Waals surface area contributed by atoms with E-state index in [9.17, 15) is 0 Å². The highest BCUT2D eigenvalue weighted by atomic mass is 14.6. The second kappa shape index (κ2) is 7.06. The zero-order valence-electron chi connectivity index (χ0n) is 18.2. The van der Waals surface area contributed by atoms with Gasteiger partial charge < -0.3 is 22.9 Å². The van der Waals surface area contributed by atoms with Crippen molar-refractivity contribution in [2.75, 3.05) is 22.9 Å². The maximum absolute atomic E-state index is 6.35. The Bertz CT molecular complexity index is 1230. The van der Waals surface area contributed by atoms with Crippen LogP contribution in [-0.2, 0) is 10.8 Å². The molecule has 1 aliphatic carbocycles. The molecule has 0 aromatic heterocycles. The van der Waals surface area contributed by atoms with Crippen LogP contribution >= 0.6 is 0 Å². The van der Waals surface area contributed by atoms with Gasteiger partial charge in [0.05, 0.1) is 0 Å². The van der Waals surface area contributed by atoms with Gasteiger partial charge in [-0.25, -0.2) is 0 Å². The third-order valence-corrected chi connectivity index (χ3v) is 7.07. The van der Waals surface area contributed by atoms with Gasteiger partial charge >= 0.3 is 0 Å². The van der Waals surface area contributed by atoms with Gasteiger partial charge in [-0.05, 0) is 82.8 Å². The lowest BCUT2D eigenvalue weighted by Gasteiger charge is -2.35. The van der Waals surface area contributed by atoms with Gasteiger partial charge in [0, 0.05) is 33.6 Å². The SMILES string of the molecule is CC1(c2ccc(N)cc2)CC(c2ccc(N)cc2)(c2ccc(N)cc2)c2cc(N)ccc21. The van der Waals surface area contributed by atoms with Crippen LogP contribution in [0.4, 0.5) is 22.7 Å². The average molecular weight is 421 g/mol. The van der Waals surface area contributed by atoms with Gasteiger partial charge in [-0.3, -0.25) is 0 Å². The average Bonchev–Trinajstić information content (AvgIpc) is 3.05. The molecule has 0 radical (unpaired) electrons. The number of hydrogen-bond donors (Lipinski definition) is 4. The van der Waals surface area contributed by atoms with Crippen LogP contribution in [0.1, 0.15) is 41.2 Å². The standard InChI is InChI=1S/C28H28N4/c1-27(18-2-8-21(29)9-3-18)17-28(19-4-10-22(30)11-5-19,20-6-12-23(31)13-7-20)26-16-24(32)14-15-25(26)27/h2-16H,17,29-32H2,1H3. The highest BCUT2D eigenvalue weighted by molar-refractivity contribution is 5.67. The van der Waals surface area contributed by atoms with Crippen LogP contribution in [0.5, 0.6) is 0 Å². The fourth-order valence-electron chi connectivity index (χ4n) is 5.44. The minimum Gasteiger partial charge on any atom is -0.399 e. The van der Waals surface area contributed by atoms with Gasteiger partial charge in [0.25, 0.3) is 0 Å². The van der Waals surface area contributed by atoms with E-state index in [0.717, 1.165) is 29.2 Å².